The molecule has 0 bridgehead atoms. The Morgan fingerprint density at radius 2 is 1.56 bits per heavy atom. The van der Waals surface area contributed by atoms with Crippen molar-refractivity contribution in [3.8, 4) is 29.4 Å². The lowest BCUT2D eigenvalue weighted by molar-refractivity contribution is -0.141. The number of β-amino-alcohol motifs (C(OH)–C–C–N with tert-alkyl or cyclic N) is 1. The van der Waals surface area contributed by atoms with E-state index in [-0.39, 0.29) is 42.5 Å². The first kappa shape index (κ1) is 47.9. The van der Waals surface area contributed by atoms with Gasteiger partial charge in [0, 0.05) is 88.1 Å². The van der Waals surface area contributed by atoms with Gasteiger partial charge in [-0.25, -0.2) is 0 Å². The van der Waals surface area contributed by atoms with Gasteiger partial charge in [0.05, 0.1) is 29.6 Å². The van der Waals surface area contributed by atoms with E-state index in [4.69, 9.17) is 10.9 Å². The van der Waals surface area contributed by atoms with Gasteiger partial charge in [-0.1, -0.05) is 49.2 Å². The Morgan fingerprint density at radius 3 is 2.26 bits per heavy atom. The van der Waals surface area contributed by atoms with E-state index in [9.17, 15) is 19.8 Å². The Morgan fingerprint density at radius 1 is 0.857 bits per heavy atom. The molecule has 0 aliphatic carbocycles. The van der Waals surface area contributed by atoms with Crippen molar-refractivity contribution in [2.45, 2.75) is 108 Å². The SMILES string of the molecule is C#Cc1ccc([C@H](C)NC(=O)[C@@H]2C[C@@H](O)CN2C(=O)C(c2cc(N3CCC(N4CCC(N5CCC(CN6CCN7c8cc(-c9ccccc9O)nnc8NC[C@H]7C6)CC5)CC4)CC3)no2)C(C)C)cc1. The number of nitrogens with one attached hydrogen (secondary N) is 2. The monoisotopic (exact) mass is 954 g/mol. The van der Waals surface area contributed by atoms with E-state index in [2.05, 4.69) is 62.5 Å². The van der Waals surface area contributed by atoms with Gasteiger partial charge in [-0.3, -0.25) is 14.5 Å². The van der Waals surface area contributed by atoms with Crippen LogP contribution in [0.4, 0.5) is 17.3 Å². The van der Waals surface area contributed by atoms with Crippen molar-refractivity contribution in [1.29, 1.82) is 0 Å². The molecule has 5 saturated heterocycles. The summed E-state index contributed by atoms with van der Waals surface area (Å²) in [6, 6.07) is 19.3. The summed E-state index contributed by atoms with van der Waals surface area (Å²) >= 11 is 0. The predicted octanol–water partition coefficient (Wildman–Crippen LogP) is 5.16. The van der Waals surface area contributed by atoms with E-state index in [1.165, 1.54) is 50.2 Å². The fourth-order valence-electron chi connectivity index (χ4n) is 12.3. The van der Waals surface area contributed by atoms with Crippen molar-refractivity contribution in [2.75, 3.05) is 93.7 Å². The zero-order chi connectivity index (χ0) is 48.5. The molecule has 1 unspecified atom stereocenters. The molecule has 8 heterocycles. The molecule has 0 spiro atoms. The number of hydrogen-bond acceptors (Lipinski definition) is 14. The molecular formula is C54H71N11O5. The molecule has 2 aromatic heterocycles. The van der Waals surface area contributed by atoms with Gasteiger partial charge in [0.1, 0.15) is 17.7 Å². The van der Waals surface area contributed by atoms with Crippen LogP contribution in [0.3, 0.4) is 0 Å². The van der Waals surface area contributed by atoms with Crippen LogP contribution in [0.15, 0.2) is 65.2 Å². The molecule has 6 aliphatic heterocycles. The van der Waals surface area contributed by atoms with E-state index < -0.39 is 18.1 Å². The van der Waals surface area contributed by atoms with Crippen molar-refractivity contribution in [3.05, 3.63) is 77.6 Å². The minimum Gasteiger partial charge on any atom is -0.507 e. The predicted molar refractivity (Wildman–Crippen MR) is 270 cm³/mol. The third-order valence-corrected chi connectivity index (χ3v) is 16.4. The number of hydrogen-bond donors (Lipinski definition) is 4. The topological polar surface area (TPSA) is 170 Å². The number of para-hydroxylation sites is 1. The van der Waals surface area contributed by atoms with Crippen LogP contribution >= 0.6 is 0 Å². The quantitative estimate of drug-likeness (QED) is 0.138. The summed E-state index contributed by atoms with van der Waals surface area (Å²) in [4.78, 5) is 42.4. The molecule has 16 heteroatoms. The number of nitrogens with zero attached hydrogens (tertiary/aromatic N) is 9. The molecule has 372 valence electrons. The summed E-state index contributed by atoms with van der Waals surface area (Å²) < 4.78 is 5.94. The number of amides is 2. The number of aliphatic hydroxyl groups is 1. The zero-order valence-electron chi connectivity index (χ0n) is 41.1. The number of phenolic OH excluding ortho intramolecular Hbond substituents is 1. The molecule has 10 rings (SSSR count). The lowest BCUT2D eigenvalue weighted by Gasteiger charge is -2.47. The second-order valence-corrected chi connectivity index (χ2v) is 21.1. The first-order valence-corrected chi connectivity index (χ1v) is 25.9. The Labute approximate surface area is 412 Å². The number of likely N-dealkylation sites (tertiary alicyclic amines) is 3. The molecule has 0 saturated carbocycles. The number of aromatic hydroxyl groups is 1. The van der Waals surface area contributed by atoms with Gasteiger partial charge in [0.25, 0.3) is 0 Å². The number of terminal acetylenes is 1. The fourth-order valence-corrected chi connectivity index (χ4v) is 12.3. The average molecular weight is 954 g/mol. The standard InChI is InChI=1S/C54H71N11O5/c1-5-37-10-12-39(13-11-37)36(4)56-53(68)47-28-43(66)34-65(47)54(69)51(35(2)3)49-30-50(59-70-49)63-24-18-41(19-25-63)62-22-16-40(17-23-62)61-20-14-38(15-21-61)32-60-26-27-64-42(33-60)31-55-52-46(64)29-45(57-58-52)44-8-6-7-9-48(44)67/h1,6-13,29-30,35-36,38,40-43,47,51,66-67H,14-28,31-34H2,2-4H3,(H,55,58)(H,56,68)/t36-,42-,43+,47-,51?/m0/s1. The number of anilines is 3. The Balaban J connectivity index is 0.656. The van der Waals surface area contributed by atoms with Crippen molar-refractivity contribution in [1.82, 2.24) is 40.3 Å². The second-order valence-electron chi connectivity index (χ2n) is 21.1. The maximum atomic E-state index is 14.3. The third-order valence-electron chi connectivity index (χ3n) is 16.4. The Hall–Kier alpha value is -5.73. The number of aromatic nitrogens is 3. The molecule has 5 atom stereocenters. The minimum atomic E-state index is -0.793. The normalized spacial score (nSPS) is 24.2. The highest BCUT2D eigenvalue weighted by Crippen LogP contribution is 2.38. The highest BCUT2D eigenvalue weighted by Gasteiger charge is 2.44. The Bertz CT molecular complexity index is 2490. The molecule has 2 amide bonds. The van der Waals surface area contributed by atoms with E-state index in [1.54, 1.807) is 6.07 Å². The van der Waals surface area contributed by atoms with E-state index in [0.717, 1.165) is 99.6 Å². The van der Waals surface area contributed by atoms with Crippen LogP contribution in [-0.4, -0.2) is 166 Å². The number of rotatable bonds is 12. The molecule has 5 fully saturated rings. The van der Waals surface area contributed by atoms with E-state index >= 15 is 0 Å². The molecule has 16 nitrogen and oxygen atoms in total. The summed E-state index contributed by atoms with van der Waals surface area (Å²) in [6.07, 6.45) is 12.0. The van der Waals surface area contributed by atoms with Crippen LogP contribution in [-0.2, 0) is 9.59 Å². The maximum Gasteiger partial charge on any atom is 0.243 e. The first-order chi connectivity index (χ1) is 34.0. The molecule has 4 N–H and O–H groups in total. The van der Waals surface area contributed by atoms with Gasteiger partial charge in [-0.15, -0.1) is 16.6 Å². The number of benzene rings is 2. The summed E-state index contributed by atoms with van der Waals surface area (Å²) in [7, 11) is 0. The average Bonchev–Trinajstić information content (AvgIpc) is 4.04. The number of piperazine rings is 1. The lowest BCUT2D eigenvalue weighted by atomic mass is 9.91. The van der Waals surface area contributed by atoms with Crippen LogP contribution in [0, 0.1) is 24.2 Å². The number of carbonyl (C=O) groups is 2. The summed E-state index contributed by atoms with van der Waals surface area (Å²) in [5.74, 6) is 4.36. The molecule has 70 heavy (non-hydrogen) atoms. The van der Waals surface area contributed by atoms with Gasteiger partial charge in [0.15, 0.2) is 17.4 Å². The lowest BCUT2D eigenvalue weighted by Crippen LogP contribution is -2.58. The number of aliphatic hydroxyl groups excluding tert-OH is 1. The first-order valence-electron chi connectivity index (χ1n) is 25.9. The van der Waals surface area contributed by atoms with Crippen LogP contribution in [0.5, 0.6) is 5.75 Å². The zero-order valence-corrected chi connectivity index (χ0v) is 41.1. The summed E-state index contributed by atoms with van der Waals surface area (Å²) in [5.41, 5.74) is 4.15. The molecule has 4 aromatic rings. The molecule has 0 radical (unpaired) electrons. The van der Waals surface area contributed by atoms with E-state index in [1.807, 2.05) is 69.3 Å². The van der Waals surface area contributed by atoms with Crippen molar-refractivity contribution in [2.24, 2.45) is 11.8 Å². The molecular weight excluding hydrogens is 883 g/mol. The van der Waals surface area contributed by atoms with Gasteiger partial charge in [0.2, 0.25) is 11.8 Å². The van der Waals surface area contributed by atoms with Crippen molar-refractivity contribution >= 4 is 29.1 Å². The van der Waals surface area contributed by atoms with Crippen LogP contribution in [0.2, 0.25) is 0 Å². The third kappa shape index (κ3) is 10.2. The van der Waals surface area contributed by atoms with E-state index in [0.29, 0.717) is 35.1 Å². The Kier molecular flexibility index (Phi) is 14.3. The van der Waals surface area contributed by atoms with Gasteiger partial charge in [-0.05, 0) is 119 Å². The highest BCUT2D eigenvalue weighted by atomic mass is 16.5. The number of carbonyl (C=O) groups excluding carboxylic acids is 2. The number of fused-ring (bicyclic) bond motifs is 3. The second kappa shape index (κ2) is 20.9. The van der Waals surface area contributed by atoms with Gasteiger partial charge < -0.3 is 49.9 Å². The highest BCUT2D eigenvalue weighted by molar-refractivity contribution is 5.91. The van der Waals surface area contributed by atoms with Crippen molar-refractivity contribution < 1.29 is 24.3 Å². The summed E-state index contributed by atoms with van der Waals surface area (Å²) in [5, 5.41) is 41.2. The number of piperidine rings is 3. The smallest absolute Gasteiger partial charge is 0.243 e. The maximum absolute atomic E-state index is 14.3. The van der Waals surface area contributed by atoms with Crippen LogP contribution < -0.4 is 20.4 Å². The summed E-state index contributed by atoms with van der Waals surface area (Å²) in [6.45, 7) is 17.5. The van der Waals surface area contributed by atoms with Gasteiger partial charge >= 0.3 is 0 Å². The van der Waals surface area contributed by atoms with Gasteiger partial charge in [-0.2, -0.15) is 0 Å². The number of phenols is 1. The molecule has 2 aromatic carbocycles. The van der Waals surface area contributed by atoms with Crippen LogP contribution in [0.1, 0.15) is 94.6 Å². The van der Waals surface area contributed by atoms with Crippen LogP contribution in [0.25, 0.3) is 11.3 Å². The fraction of sp³-hybridized carbons (Fsp3) is 0.574. The largest absolute Gasteiger partial charge is 0.507 e. The van der Waals surface area contributed by atoms with Crippen molar-refractivity contribution in [3.63, 3.8) is 0 Å². The minimum absolute atomic E-state index is 0.0904. The molecule has 6 aliphatic rings.